The average molecular weight is 352 g/mol. The zero-order chi connectivity index (χ0) is 15.3. The van der Waals surface area contributed by atoms with Crippen LogP contribution in [-0.4, -0.2) is 23.3 Å². The molecule has 5 heteroatoms. The highest BCUT2D eigenvalue weighted by molar-refractivity contribution is 9.10. The molecule has 2 heterocycles. The first kappa shape index (κ1) is 15.5. The van der Waals surface area contributed by atoms with Crippen molar-refractivity contribution in [3.05, 3.63) is 22.4 Å². The summed E-state index contributed by atoms with van der Waals surface area (Å²) in [4.78, 5) is 4.67. The van der Waals surface area contributed by atoms with E-state index in [1.54, 1.807) is 0 Å². The van der Waals surface area contributed by atoms with Crippen molar-refractivity contribution in [1.82, 2.24) is 4.98 Å². The predicted molar refractivity (Wildman–Crippen MR) is 88.9 cm³/mol. The molecule has 1 aliphatic carbocycles. The van der Waals surface area contributed by atoms with E-state index in [2.05, 4.69) is 54.7 Å². The summed E-state index contributed by atoms with van der Waals surface area (Å²) >= 11 is 3.54. The summed E-state index contributed by atoms with van der Waals surface area (Å²) in [5.74, 6) is 0.587. The molecule has 1 aliphatic heterocycles. The highest BCUT2D eigenvalue weighted by atomic mass is 79.9. The second-order valence-corrected chi connectivity index (χ2v) is 8.03. The third-order valence-corrected chi connectivity index (χ3v) is 5.54. The van der Waals surface area contributed by atoms with Gasteiger partial charge in [0.15, 0.2) is 0 Å². The fourth-order valence-corrected chi connectivity index (χ4v) is 3.55. The Bertz CT molecular complexity index is 525. The van der Waals surface area contributed by atoms with Crippen LogP contribution in [0.2, 0.25) is 0 Å². The summed E-state index contributed by atoms with van der Waals surface area (Å²) in [6, 6.07) is 4.18. The van der Waals surface area contributed by atoms with Gasteiger partial charge in [-0.15, -0.1) is 0 Å². The van der Waals surface area contributed by atoms with Gasteiger partial charge in [-0.3, -0.25) is 0 Å². The zero-order valence-corrected chi connectivity index (χ0v) is 14.9. The Kier molecular flexibility index (Phi) is 3.96. The normalized spacial score (nSPS) is 24.7. The highest BCUT2D eigenvalue weighted by Gasteiger charge is 2.51. The van der Waals surface area contributed by atoms with Crippen molar-refractivity contribution in [2.45, 2.75) is 70.5 Å². The Labute approximate surface area is 136 Å². The van der Waals surface area contributed by atoms with E-state index in [1.807, 2.05) is 6.07 Å². The maximum Gasteiger partial charge on any atom is 0.494 e. The molecule has 0 spiro atoms. The molecule has 0 N–H and O–H groups in total. The number of nitrogens with zero attached hydrogens (tertiary/aromatic N) is 1. The Morgan fingerprint density at radius 1 is 1.10 bits per heavy atom. The van der Waals surface area contributed by atoms with Crippen LogP contribution < -0.4 is 5.46 Å². The van der Waals surface area contributed by atoms with Crippen LogP contribution in [0.4, 0.5) is 0 Å². The number of rotatable bonds is 2. The lowest BCUT2D eigenvalue weighted by Gasteiger charge is -2.32. The molecule has 1 saturated heterocycles. The van der Waals surface area contributed by atoms with Gasteiger partial charge in [-0.05, 0) is 74.1 Å². The lowest BCUT2D eigenvalue weighted by Crippen LogP contribution is -2.41. The third-order valence-electron chi connectivity index (χ3n) is 5.14. The Morgan fingerprint density at radius 2 is 1.67 bits per heavy atom. The maximum atomic E-state index is 6.15. The minimum atomic E-state index is -0.311. The molecule has 2 aliphatic rings. The van der Waals surface area contributed by atoms with Crippen LogP contribution in [0.5, 0.6) is 0 Å². The molecule has 0 amide bonds. The van der Waals surface area contributed by atoms with Crippen molar-refractivity contribution in [2.24, 2.45) is 0 Å². The second kappa shape index (κ2) is 5.36. The quantitative estimate of drug-likeness (QED) is 0.599. The molecule has 2 fully saturated rings. The van der Waals surface area contributed by atoms with Crippen LogP contribution in [0.15, 0.2) is 16.7 Å². The van der Waals surface area contributed by atoms with Crippen LogP contribution in [0, 0.1) is 0 Å². The van der Waals surface area contributed by atoms with Crippen molar-refractivity contribution in [3.63, 3.8) is 0 Å². The van der Waals surface area contributed by atoms with Gasteiger partial charge in [-0.1, -0.05) is 12.8 Å². The van der Waals surface area contributed by atoms with Crippen LogP contribution in [0.1, 0.15) is 65.0 Å². The Hall–Kier alpha value is -0.385. The van der Waals surface area contributed by atoms with Gasteiger partial charge < -0.3 is 9.31 Å². The SMILES string of the molecule is CC1(C)OB(c2cc(Br)nc(C3CCCC3)c2)OC1(C)C. The van der Waals surface area contributed by atoms with Gasteiger partial charge in [-0.25, -0.2) is 4.98 Å². The summed E-state index contributed by atoms with van der Waals surface area (Å²) in [6.07, 6.45) is 5.11. The molecule has 0 bridgehead atoms. The lowest BCUT2D eigenvalue weighted by atomic mass is 9.78. The molecule has 0 aromatic carbocycles. The summed E-state index contributed by atoms with van der Waals surface area (Å²) in [7, 11) is -0.311. The predicted octanol–water partition coefficient (Wildman–Crippen LogP) is 3.80. The number of hydrogen-bond donors (Lipinski definition) is 0. The van der Waals surface area contributed by atoms with Gasteiger partial charge in [0.2, 0.25) is 0 Å². The molecule has 0 atom stereocenters. The van der Waals surface area contributed by atoms with E-state index >= 15 is 0 Å². The van der Waals surface area contributed by atoms with Crippen molar-refractivity contribution in [2.75, 3.05) is 0 Å². The number of halogens is 1. The van der Waals surface area contributed by atoms with E-state index in [9.17, 15) is 0 Å². The molecule has 0 unspecified atom stereocenters. The van der Waals surface area contributed by atoms with Gasteiger partial charge in [0, 0.05) is 11.6 Å². The number of hydrogen-bond acceptors (Lipinski definition) is 3. The Morgan fingerprint density at radius 3 is 2.24 bits per heavy atom. The molecule has 3 nitrogen and oxygen atoms in total. The van der Waals surface area contributed by atoms with E-state index < -0.39 is 0 Å². The molecular weight excluding hydrogens is 329 g/mol. The van der Waals surface area contributed by atoms with E-state index in [0.717, 1.165) is 10.1 Å². The van der Waals surface area contributed by atoms with Crippen LogP contribution in [0.25, 0.3) is 0 Å². The molecule has 114 valence electrons. The van der Waals surface area contributed by atoms with E-state index in [1.165, 1.54) is 31.4 Å². The third kappa shape index (κ3) is 2.93. The number of pyridine rings is 1. The summed E-state index contributed by atoms with van der Waals surface area (Å²) in [5.41, 5.74) is 1.63. The highest BCUT2D eigenvalue weighted by Crippen LogP contribution is 2.37. The van der Waals surface area contributed by atoms with Crippen LogP contribution >= 0.6 is 15.9 Å². The largest absolute Gasteiger partial charge is 0.494 e. The topological polar surface area (TPSA) is 31.4 Å². The zero-order valence-electron chi connectivity index (χ0n) is 13.3. The first-order chi connectivity index (χ1) is 9.78. The summed E-state index contributed by atoms with van der Waals surface area (Å²) < 4.78 is 13.2. The smallest absolute Gasteiger partial charge is 0.399 e. The molecule has 1 saturated carbocycles. The van der Waals surface area contributed by atoms with Gasteiger partial charge >= 0.3 is 7.12 Å². The standard InChI is InChI=1S/C16H23BBrNO2/c1-15(2)16(3,4)21-17(20-15)12-9-13(19-14(18)10-12)11-7-5-6-8-11/h9-11H,5-8H2,1-4H3. The summed E-state index contributed by atoms with van der Waals surface area (Å²) in [6.45, 7) is 8.34. The van der Waals surface area contributed by atoms with Crippen molar-refractivity contribution in [1.29, 1.82) is 0 Å². The van der Waals surface area contributed by atoms with Gasteiger partial charge in [0.1, 0.15) is 4.60 Å². The van der Waals surface area contributed by atoms with Crippen LogP contribution in [-0.2, 0) is 9.31 Å². The maximum absolute atomic E-state index is 6.15. The molecule has 21 heavy (non-hydrogen) atoms. The van der Waals surface area contributed by atoms with Crippen molar-refractivity contribution < 1.29 is 9.31 Å². The minimum absolute atomic E-state index is 0.305. The Balaban J connectivity index is 1.89. The van der Waals surface area contributed by atoms with E-state index in [-0.39, 0.29) is 18.3 Å². The van der Waals surface area contributed by atoms with E-state index in [4.69, 9.17) is 9.31 Å². The molecule has 1 aromatic heterocycles. The average Bonchev–Trinajstić information content (AvgIpc) is 2.96. The van der Waals surface area contributed by atoms with Gasteiger partial charge in [0.25, 0.3) is 0 Å². The van der Waals surface area contributed by atoms with Crippen molar-refractivity contribution in [3.8, 4) is 0 Å². The molecule has 3 rings (SSSR count). The number of aromatic nitrogens is 1. The summed E-state index contributed by atoms with van der Waals surface area (Å²) in [5, 5.41) is 0. The fraction of sp³-hybridized carbons (Fsp3) is 0.688. The van der Waals surface area contributed by atoms with E-state index in [0.29, 0.717) is 5.92 Å². The fourth-order valence-electron chi connectivity index (χ4n) is 3.08. The minimum Gasteiger partial charge on any atom is -0.399 e. The first-order valence-electron chi connectivity index (χ1n) is 7.81. The van der Waals surface area contributed by atoms with Gasteiger partial charge in [0.05, 0.1) is 11.2 Å². The second-order valence-electron chi connectivity index (χ2n) is 7.22. The monoisotopic (exact) mass is 351 g/mol. The van der Waals surface area contributed by atoms with Crippen molar-refractivity contribution >= 4 is 28.5 Å². The first-order valence-corrected chi connectivity index (χ1v) is 8.61. The molecule has 0 radical (unpaired) electrons. The van der Waals surface area contributed by atoms with Crippen LogP contribution in [0.3, 0.4) is 0 Å². The molecular formula is C16H23BBrNO2. The van der Waals surface area contributed by atoms with Gasteiger partial charge in [-0.2, -0.15) is 0 Å². The lowest BCUT2D eigenvalue weighted by molar-refractivity contribution is 0.00578. The molecule has 1 aromatic rings.